The molecule has 0 amide bonds. The van der Waals surface area contributed by atoms with Gasteiger partial charge in [-0.05, 0) is 53.9 Å². The first-order chi connectivity index (χ1) is 16.4. The van der Waals surface area contributed by atoms with Crippen LogP contribution in [-0.4, -0.2) is 31.1 Å². The van der Waals surface area contributed by atoms with Crippen LogP contribution in [0.15, 0.2) is 72.8 Å². The second-order valence-electron chi connectivity index (χ2n) is 7.74. The molecule has 0 saturated heterocycles. The van der Waals surface area contributed by atoms with Crippen molar-refractivity contribution in [2.24, 2.45) is 0 Å². The number of halogens is 1. The SMILES string of the molecule is Cc1ccc(Oc2nc3nc(-c4ccc(-c5cccc(O)c5)cc4)c(Cl)cc3[nH]2)cc1C(=O)O. The van der Waals surface area contributed by atoms with Crippen LogP contribution < -0.4 is 4.74 Å². The van der Waals surface area contributed by atoms with Crippen LogP contribution in [0.3, 0.4) is 0 Å². The van der Waals surface area contributed by atoms with Gasteiger partial charge in [0.25, 0.3) is 0 Å². The van der Waals surface area contributed by atoms with Crippen molar-refractivity contribution in [3.05, 3.63) is 88.9 Å². The van der Waals surface area contributed by atoms with Crippen LogP contribution in [0.25, 0.3) is 33.5 Å². The summed E-state index contributed by atoms with van der Waals surface area (Å²) in [6.07, 6.45) is 0. The molecule has 3 aromatic carbocycles. The van der Waals surface area contributed by atoms with Crippen LogP contribution in [0.4, 0.5) is 0 Å². The van der Waals surface area contributed by atoms with Crippen LogP contribution in [0.1, 0.15) is 15.9 Å². The number of hydrogen-bond donors (Lipinski definition) is 3. The van der Waals surface area contributed by atoms with E-state index in [9.17, 15) is 15.0 Å². The number of imidazole rings is 1. The maximum Gasteiger partial charge on any atom is 0.336 e. The third-order valence-corrected chi connectivity index (χ3v) is 5.68. The van der Waals surface area contributed by atoms with Gasteiger partial charge in [0.1, 0.15) is 11.5 Å². The maximum atomic E-state index is 11.4. The van der Waals surface area contributed by atoms with Crippen molar-refractivity contribution in [2.75, 3.05) is 0 Å². The number of phenolic OH excluding ortho intramolecular Hbond substituents is 1. The maximum absolute atomic E-state index is 11.4. The number of H-pyrrole nitrogens is 1. The van der Waals surface area contributed by atoms with Crippen LogP contribution >= 0.6 is 11.6 Å². The van der Waals surface area contributed by atoms with Gasteiger partial charge in [-0.1, -0.05) is 54.1 Å². The smallest absolute Gasteiger partial charge is 0.336 e. The number of aromatic carboxylic acids is 1. The molecule has 5 aromatic rings. The van der Waals surface area contributed by atoms with Crippen molar-refractivity contribution in [1.82, 2.24) is 15.0 Å². The Balaban J connectivity index is 1.45. The Bertz CT molecular complexity index is 1540. The van der Waals surface area contributed by atoms with Gasteiger partial charge in [-0.3, -0.25) is 0 Å². The minimum absolute atomic E-state index is 0.159. The van der Waals surface area contributed by atoms with Gasteiger partial charge in [0.05, 0.1) is 21.8 Å². The minimum Gasteiger partial charge on any atom is -0.508 e. The fourth-order valence-corrected chi connectivity index (χ4v) is 3.92. The molecule has 0 aliphatic heterocycles. The number of fused-ring (bicyclic) bond motifs is 1. The van der Waals surface area contributed by atoms with Gasteiger partial charge in [-0.15, -0.1) is 0 Å². The highest BCUT2D eigenvalue weighted by atomic mass is 35.5. The average Bonchev–Trinajstić information content (AvgIpc) is 3.20. The van der Waals surface area contributed by atoms with Crippen molar-refractivity contribution in [1.29, 1.82) is 0 Å². The third-order valence-electron chi connectivity index (χ3n) is 5.40. The second-order valence-corrected chi connectivity index (χ2v) is 8.15. The molecule has 34 heavy (non-hydrogen) atoms. The molecule has 0 saturated carbocycles. The number of aromatic hydroxyl groups is 1. The van der Waals surface area contributed by atoms with Crippen LogP contribution in [-0.2, 0) is 0 Å². The Morgan fingerprint density at radius 1 is 0.941 bits per heavy atom. The second kappa shape index (κ2) is 8.53. The van der Waals surface area contributed by atoms with E-state index >= 15 is 0 Å². The Kier molecular flexibility index (Phi) is 5.39. The lowest BCUT2D eigenvalue weighted by Gasteiger charge is -2.06. The number of benzene rings is 3. The Hall–Kier alpha value is -4.36. The molecule has 0 spiro atoms. The largest absolute Gasteiger partial charge is 0.508 e. The number of nitrogens with one attached hydrogen (secondary N) is 1. The zero-order valence-electron chi connectivity index (χ0n) is 17.9. The molecule has 0 fully saturated rings. The van der Waals surface area contributed by atoms with Gasteiger partial charge in [-0.25, -0.2) is 9.78 Å². The summed E-state index contributed by atoms with van der Waals surface area (Å²) in [7, 11) is 0. The van der Waals surface area contributed by atoms with Gasteiger partial charge < -0.3 is 19.9 Å². The highest BCUT2D eigenvalue weighted by Gasteiger charge is 2.14. The number of ether oxygens (including phenoxy) is 1. The molecule has 168 valence electrons. The quantitative estimate of drug-likeness (QED) is 0.272. The summed E-state index contributed by atoms with van der Waals surface area (Å²) in [6, 6.07) is 21.4. The molecule has 0 aliphatic carbocycles. The lowest BCUT2D eigenvalue weighted by Crippen LogP contribution is -2.00. The molecule has 7 nitrogen and oxygen atoms in total. The molecule has 2 aromatic heterocycles. The van der Waals surface area contributed by atoms with Crippen molar-refractivity contribution < 1.29 is 19.7 Å². The van der Waals surface area contributed by atoms with E-state index < -0.39 is 5.97 Å². The van der Waals surface area contributed by atoms with E-state index in [-0.39, 0.29) is 17.3 Å². The number of aromatic amines is 1. The number of nitrogens with zero attached hydrogens (tertiary/aromatic N) is 2. The molecule has 0 atom stereocenters. The first-order valence-corrected chi connectivity index (χ1v) is 10.7. The number of aryl methyl sites for hydroxylation is 1. The lowest BCUT2D eigenvalue weighted by atomic mass is 10.0. The Morgan fingerprint density at radius 2 is 1.71 bits per heavy atom. The molecular weight excluding hydrogens is 454 g/mol. The van der Waals surface area contributed by atoms with Crippen molar-refractivity contribution in [3.63, 3.8) is 0 Å². The van der Waals surface area contributed by atoms with E-state index in [1.54, 1.807) is 43.3 Å². The number of carboxylic acid groups (broad SMARTS) is 1. The van der Waals surface area contributed by atoms with Crippen molar-refractivity contribution in [3.8, 4) is 39.9 Å². The summed E-state index contributed by atoms with van der Waals surface area (Å²) in [5, 5.41) is 19.5. The number of aromatic nitrogens is 3. The van der Waals surface area contributed by atoms with Gasteiger partial charge >= 0.3 is 12.0 Å². The van der Waals surface area contributed by atoms with E-state index in [1.807, 2.05) is 30.3 Å². The minimum atomic E-state index is -1.03. The molecule has 2 heterocycles. The molecule has 0 unspecified atom stereocenters. The summed E-state index contributed by atoms with van der Waals surface area (Å²) in [5.74, 6) is -0.477. The lowest BCUT2D eigenvalue weighted by molar-refractivity contribution is 0.0695. The van der Waals surface area contributed by atoms with Crippen LogP contribution in [0.2, 0.25) is 5.02 Å². The first-order valence-electron chi connectivity index (χ1n) is 10.4. The van der Waals surface area contributed by atoms with Gasteiger partial charge in [0.15, 0.2) is 5.65 Å². The van der Waals surface area contributed by atoms with Crippen molar-refractivity contribution >= 4 is 28.7 Å². The number of rotatable bonds is 5. The number of pyridine rings is 1. The summed E-state index contributed by atoms with van der Waals surface area (Å²) >= 11 is 6.51. The predicted octanol–water partition coefficient (Wildman–Crippen LogP) is 6.45. The van der Waals surface area contributed by atoms with E-state index in [2.05, 4.69) is 15.0 Å². The number of phenols is 1. The molecule has 3 N–H and O–H groups in total. The van der Waals surface area contributed by atoms with Gasteiger partial charge in [0.2, 0.25) is 0 Å². The third kappa shape index (κ3) is 4.16. The van der Waals surface area contributed by atoms with Crippen molar-refractivity contribution in [2.45, 2.75) is 6.92 Å². The Morgan fingerprint density at radius 3 is 2.44 bits per heavy atom. The fraction of sp³-hybridized carbons (Fsp3) is 0.0385. The van der Waals surface area contributed by atoms with E-state index in [0.717, 1.165) is 16.7 Å². The molecule has 5 rings (SSSR count). The highest BCUT2D eigenvalue weighted by Crippen LogP contribution is 2.32. The number of hydrogen-bond acceptors (Lipinski definition) is 5. The number of carbonyl (C=O) groups is 1. The predicted molar refractivity (Wildman–Crippen MR) is 130 cm³/mol. The Labute approximate surface area is 199 Å². The molecule has 0 radical (unpaired) electrons. The molecule has 8 heteroatoms. The monoisotopic (exact) mass is 471 g/mol. The zero-order chi connectivity index (χ0) is 23.8. The summed E-state index contributed by atoms with van der Waals surface area (Å²) < 4.78 is 5.74. The fourth-order valence-electron chi connectivity index (χ4n) is 3.66. The summed E-state index contributed by atoms with van der Waals surface area (Å²) in [5.41, 5.74) is 5.03. The summed E-state index contributed by atoms with van der Waals surface area (Å²) in [4.78, 5) is 23.4. The van der Waals surface area contributed by atoms with Crippen LogP contribution in [0, 0.1) is 6.92 Å². The molecular formula is C26H18ClN3O4. The normalized spacial score (nSPS) is 11.0. The van der Waals surface area contributed by atoms with E-state index in [4.69, 9.17) is 16.3 Å². The average molecular weight is 472 g/mol. The first kappa shape index (κ1) is 21.5. The highest BCUT2D eigenvalue weighted by molar-refractivity contribution is 6.33. The summed E-state index contributed by atoms with van der Waals surface area (Å²) in [6.45, 7) is 1.72. The molecule has 0 aliphatic rings. The van der Waals surface area contributed by atoms with Gasteiger partial charge in [0, 0.05) is 5.56 Å². The standard InChI is InChI=1S/C26H18ClN3O4/c1-14-5-10-19(12-20(14)25(32)33)34-26-28-22-13-21(27)23(29-24(22)30-26)16-8-6-15(7-9-16)17-3-2-4-18(31)11-17/h2-13,31H,1H3,(H,32,33)(H,28,29,30). The van der Waals surface area contributed by atoms with Crippen LogP contribution in [0.5, 0.6) is 17.5 Å². The number of carboxylic acids is 1. The van der Waals surface area contributed by atoms with E-state index in [0.29, 0.717) is 33.2 Å². The van der Waals surface area contributed by atoms with E-state index in [1.165, 1.54) is 6.07 Å². The zero-order valence-corrected chi connectivity index (χ0v) is 18.7. The van der Waals surface area contributed by atoms with Gasteiger partial charge in [-0.2, -0.15) is 4.98 Å². The topological polar surface area (TPSA) is 108 Å². The molecule has 0 bridgehead atoms.